The summed E-state index contributed by atoms with van der Waals surface area (Å²) >= 11 is 0. The maximum absolute atomic E-state index is 12.0. The van der Waals surface area contributed by atoms with Gasteiger partial charge >= 0.3 is 6.09 Å². The number of carbonyl (C=O) groups is 1. The van der Waals surface area contributed by atoms with E-state index in [4.69, 9.17) is 9.15 Å². The predicted molar refractivity (Wildman–Crippen MR) is 90.4 cm³/mol. The first kappa shape index (κ1) is 17.9. The molecular formula is C18H30N2O3. The van der Waals surface area contributed by atoms with Crippen LogP contribution in [0.25, 0.3) is 0 Å². The lowest BCUT2D eigenvalue weighted by Crippen LogP contribution is -2.43. The normalized spacial score (nSPS) is 18.0. The molecule has 0 bridgehead atoms. The molecule has 1 unspecified atom stereocenters. The molecule has 1 aromatic heterocycles. The molecule has 0 radical (unpaired) electrons. The second-order valence-corrected chi connectivity index (χ2v) is 7.49. The fourth-order valence-corrected chi connectivity index (χ4v) is 2.78. The molecule has 1 aromatic rings. The second-order valence-electron chi connectivity index (χ2n) is 7.49. The lowest BCUT2D eigenvalue weighted by atomic mass is 9.96. The van der Waals surface area contributed by atoms with Crippen molar-refractivity contribution in [1.82, 2.24) is 10.2 Å². The molecule has 5 nitrogen and oxygen atoms in total. The van der Waals surface area contributed by atoms with E-state index in [-0.39, 0.29) is 12.1 Å². The molecule has 1 atom stereocenters. The highest BCUT2D eigenvalue weighted by molar-refractivity contribution is 5.68. The summed E-state index contributed by atoms with van der Waals surface area (Å²) in [5.74, 6) is 2.51. The number of furan rings is 1. The molecule has 1 fully saturated rings. The number of nitrogens with one attached hydrogen (secondary N) is 1. The Balaban J connectivity index is 1.71. The van der Waals surface area contributed by atoms with Crippen molar-refractivity contribution in [3.8, 4) is 0 Å². The van der Waals surface area contributed by atoms with E-state index in [1.54, 1.807) is 0 Å². The number of amides is 1. The minimum atomic E-state index is -0.425. The summed E-state index contributed by atoms with van der Waals surface area (Å²) < 4.78 is 11.1. The third kappa shape index (κ3) is 5.57. The Morgan fingerprint density at radius 3 is 2.57 bits per heavy atom. The van der Waals surface area contributed by atoms with E-state index < -0.39 is 5.60 Å². The average Bonchev–Trinajstić information content (AvgIpc) is 2.90. The third-order valence-electron chi connectivity index (χ3n) is 4.17. The van der Waals surface area contributed by atoms with Crippen LogP contribution in [0, 0.1) is 12.8 Å². The molecular weight excluding hydrogens is 292 g/mol. The zero-order valence-corrected chi connectivity index (χ0v) is 15.0. The summed E-state index contributed by atoms with van der Waals surface area (Å²) in [6.07, 6.45) is 1.83. The first-order valence-corrected chi connectivity index (χ1v) is 8.52. The summed E-state index contributed by atoms with van der Waals surface area (Å²) in [4.78, 5) is 13.9. The van der Waals surface area contributed by atoms with Crippen LogP contribution in [0.15, 0.2) is 16.5 Å². The van der Waals surface area contributed by atoms with Crippen LogP contribution >= 0.6 is 0 Å². The largest absolute Gasteiger partial charge is 0.465 e. The zero-order chi connectivity index (χ0) is 17.0. The summed E-state index contributed by atoms with van der Waals surface area (Å²) in [6, 6.07) is 4.23. The number of likely N-dealkylation sites (tertiary alicyclic amines) is 1. The van der Waals surface area contributed by atoms with Crippen LogP contribution in [-0.2, 0) is 4.74 Å². The van der Waals surface area contributed by atoms with Gasteiger partial charge in [0.2, 0.25) is 0 Å². The summed E-state index contributed by atoms with van der Waals surface area (Å²) in [6.45, 7) is 12.3. The van der Waals surface area contributed by atoms with Crippen molar-refractivity contribution in [3.63, 3.8) is 0 Å². The van der Waals surface area contributed by atoms with Crippen molar-refractivity contribution in [2.24, 2.45) is 5.92 Å². The Labute approximate surface area is 139 Å². The zero-order valence-electron chi connectivity index (χ0n) is 15.0. The van der Waals surface area contributed by atoms with E-state index in [0.29, 0.717) is 5.92 Å². The van der Waals surface area contributed by atoms with Crippen LogP contribution in [0.3, 0.4) is 0 Å². The van der Waals surface area contributed by atoms with Gasteiger partial charge in [-0.2, -0.15) is 0 Å². The highest BCUT2D eigenvalue weighted by Crippen LogP contribution is 2.21. The predicted octanol–water partition coefficient (Wildman–Crippen LogP) is 3.89. The number of nitrogens with zero attached hydrogens (tertiary/aromatic N) is 1. The Bertz CT molecular complexity index is 511. The van der Waals surface area contributed by atoms with E-state index >= 15 is 0 Å². The van der Waals surface area contributed by atoms with Gasteiger partial charge in [0.25, 0.3) is 0 Å². The van der Waals surface area contributed by atoms with Gasteiger partial charge in [-0.05, 0) is 72.1 Å². The smallest absolute Gasteiger partial charge is 0.410 e. The standard InChI is InChI=1S/C18H30N2O3/c1-13-6-7-16(22-13)14(2)19-12-15-8-10-20(11-9-15)17(21)23-18(3,4)5/h6-7,14-15,19H,8-12H2,1-5H3. The van der Waals surface area contributed by atoms with Crippen molar-refractivity contribution in [1.29, 1.82) is 0 Å². The fourth-order valence-electron chi connectivity index (χ4n) is 2.78. The Morgan fingerprint density at radius 2 is 2.04 bits per heavy atom. The molecule has 0 saturated carbocycles. The summed E-state index contributed by atoms with van der Waals surface area (Å²) in [5.41, 5.74) is -0.425. The topological polar surface area (TPSA) is 54.7 Å². The third-order valence-corrected chi connectivity index (χ3v) is 4.17. The van der Waals surface area contributed by atoms with Gasteiger partial charge in [-0.15, -0.1) is 0 Å². The summed E-state index contributed by atoms with van der Waals surface area (Å²) in [5, 5.41) is 3.54. The number of rotatable bonds is 4. The van der Waals surface area contributed by atoms with Gasteiger partial charge < -0.3 is 19.4 Å². The molecule has 1 N–H and O–H groups in total. The maximum atomic E-state index is 12.0. The van der Waals surface area contributed by atoms with E-state index in [1.165, 1.54) is 0 Å². The van der Waals surface area contributed by atoms with Crippen LogP contribution in [-0.4, -0.2) is 36.2 Å². The first-order valence-electron chi connectivity index (χ1n) is 8.52. The van der Waals surface area contributed by atoms with Gasteiger partial charge in [-0.25, -0.2) is 4.79 Å². The number of hydrogen-bond acceptors (Lipinski definition) is 4. The van der Waals surface area contributed by atoms with Crippen molar-refractivity contribution >= 4 is 6.09 Å². The number of ether oxygens (including phenoxy) is 1. The van der Waals surface area contributed by atoms with Crippen molar-refractivity contribution < 1.29 is 13.9 Å². The summed E-state index contributed by atoms with van der Waals surface area (Å²) in [7, 11) is 0. The molecule has 1 amide bonds. The average molecular weight is 322 g/mol. The highest BCUT2D eigenvalue weighted by Gasteiger charge is 2.27. The van der Waals surface area contributed by atoms with E-state index in [9.17, 15) is 4.79 Å². The number of hydrogen-bond donors (Lipinski definition) is 1. The number of piperidine rings is 1. The monoisotopic (exact) mass is 322 g/mol. The molecule has 2 rings (SSSR count). The van der Waals surface area contributed by atoms with Crippen molar-refractivity contribution in [3.05, 3.63) is 23.7 Å². The molecule has 2 heterocycles. The number of aryl methyl sites for hydroxylation is 1. The van der Waals surface area contributed by atoms with Crippen molar-refractivity contribution in [2.75, 3.05) is 19.6 Å². The van der Waals surface area contributed by atoms with E-state index in [1.807, 2.05) is 44.7 Å². The number of carbonyl (C=O) groups excluding carboxylic acids is 1. The molecule has 5 heteroatoms. The lowest BCUT2D eigenvalue weighted by Gasteiger charge is -2.33. The van der Waals surface area contributed by atoms with Crippen LogP contribution < -0.4 is 5.32 Å². The van der Waals surface area contributed by atoms with Crippen LogP contribution in [0.4, 0.5) is 4.79 Å². The molecule has 0 aliphatic carbocycles. The van der Waals surface area contributed by atoms with Gasteiger partial charge in [0.05, 0.1) is 6.04 Å². The Hall–Kier alpha value is -1.49. The minimum Gasteiger partial charge on any atom is -0.465 e. The lowest BCUT2D eigenvalue weighted by molar-refractivity contribution is 0.0183. The van der Waals surface area contributed by atoms with Gasteiger partial charge in [-0.1, -0.05) is 0 Å². The first-order chi connectivity index (χ1) is 10.7. The molecule has 1 aliphatic heterocycles. The van der Waals surface area contributed by atoms with Gasteiger partial charge in [0.1, 0.15) is 17.1 Å². The molecule has 1 aliphatic rings. The SMILES string of the molecule is Cc1ccc(C(C)NCC2CCN(C(=O)OC(C)(C)C)CC2)o1. The molecule has 0 aromatic carbocycles. The van der Waals surface area contributed by atoms with Crippen LogP contribution in [0.2, 0.25) is 0 Å². The second kappa shape index (κ2) is 7.39. The fraction of sp³-hybridized carbons (Fsp3) is 0.722. The Kier molecular flexibility index (Phi) is 5.74. The molecule has 1 saturated heterocycles. The minimum absolute atomic E-state index is 0.191. The molecule has 0 spiro atoms. The Morgan fingerprint density at radius 1 is 1.39 bits per heavy atom. The molecule has 23 heavy (non-hydrogen) atoms. The van der Waals surface area contributed by atoms with Gasteiger partial charge in [0.15, 0.2) is 0 Å². The quantitative estimate of drug-likeness (QED) is 0.914. The van der Waals surface area contributed by atoms with Crippen LogP contribution in [0.5, 0.6) is 0 Å². The highest BCUT2D eigenvalue weighted by atomic mass is 16.6. The molecule has 130 valence electrons. The van der Waals surface area contributed by atoms with Gasteiger partial charge in [-0.3, -0.25) is 0 Å². The van der Waals surface area contributed by atoms with Crippen molar-refractivity contribution in [2.45, 2.75) is 59.1 Å². The van der Waals surface area contributed by atoms with E-state index in [0.717, 1.165) is 44.0 Å². The maximum Gasteiger partial charge on any atom is 0.410 e. The van der Waals surface area contributed by atoms with E-state index in [2.05, 4.69) is 12.2 Å². The van der Waals surface area contributed by atoms with Gasteiger partial charge in [0, 0.05) is 13.1 Å². The van der Waals surface area contributed by atoms with Crippen LogP contribution in [0.1, 0.15) is 58.1 Å².